The maximum atomic E-state index is 11.7. The summed E-state index contributed by atoms with van der Waals surface area (Å²) in [5.74, 6) is -0.740. The van der Waals surface area contributed by atoms with Gasteiger partial charge in [-0.2, -0.15) is 0 Å². The number of anilines is 1. The van der Waals surface area contributed by atoms with Gasteiger partial charge in [0.2, 0.25) is 0 Å². The maximum absolute atomic E-state index is 11.7. The molecule has 0 amide bonds. The topological polar surface area (TPSA) is 77.5 Å². The Morgan fingerprint density at radius 3 is 2.95 bits per heavy atom. The predicted molar refractivity (Wildman–Crippen MR) is 70.9 cm³/mol. The highest BCUT2D eigenvalue weighted by Crippen LogP contribution is 2.26. The zero-order valence-electron chi connectivity index (χ0n) is 10.9. The fourth-order valence-corrected chi connectivity index (χ4v) is 2.71. The number of rotatable bonds is 5. The van der Waals surface area contributed by atoms with Gasteiger partial charge in [-0.3, -0.25) is 4.79 Å². The van der Waals surface area contributed by atoms with E-state index in [4.69, 9.17) is 9.47 Å². The van der Waals surface area contributed by atoms with Crippen LogP contribution < -0.4 is 5.32 Å². The molecular formula is C12H16N2O4S. The molecule has 1 aliphatic heterocycles. The van der Waals surface area contributed by atoms with E-state index in [1.165, 1.54) is 18.3 Å². The van der Waals surface area contributed by atoms with Gasteiger partial charge in [0.05, 0.1) is 19.3 Å². The molecule has 0 aliphatic carbocycles. The van der Waals surface area contributed by atoms with Crippen molar-refractivity contribution in [2.24, 2.45) is 0 Å². The second kappa shape index (κ2) is 6.12. The lowest BCUT2D eigenvalue weighted by Gasteiger charge is -2.07. The number of nitrogens with one attached hydrogen (secondary N) is 1. The Morgan fingerprint density at radius 1 is 1.58 bits per heavy atom. The average Bonchev–Trinajstić information content (AvgIpc) is 2.99. The minimum Gasteiger partial charge on any atom is -0.461 e. The number of esters is 1. The van der Waals surface area contributed by atoms with Gasteiger partial charge in [-0.25, -0.2) is 9.78 Å². The minimum atomic E-state index is -0.556. The van der Waals surface area contributed by atoms with Crippen molar-refractivity contribution < 1.29 is 19.1 Å². The van der Waals surface area contributed by atoms with Crippen molar-refractivity contribution in [3.05, 3.63) is 10.6 Å². The van der Waals surface area contributed by atoms with Gasteiger partial charge in [0.15, 0.2) is 16.6 Å². The lowest BCUT2D eigenvalue weighted by atomic mass is 10.3. The van der Waals surface area contributed by atoms with Gasteiger partial charge >= 0.3 is 5.97 Å². The van der Waals surface area contributed by atoms with Crippen molar-refractivity contribution in [2.45, 2.75) is 26.3 Å². The first-order valence-electron chi connectivity index (χ1n) is 6.15. The van der Waals surface area contributed by atoms with Gasteiger partial charge in [-0.1, -0.05) is 11.3 Å². The van der Waals surface area contributed by atoms with Crippen LogP contribution in [-0.4, -0.2) is 42.6 Å². The van der Waals surface area contributed by atoms with E-state index in [0.29, 0.717) is 23.2 Å². The normalized spacial score (nSPS) is 18.3. The van der Waals surface area contributed by atoms with Crippen LogP contribution in [0.25, 0.3) is 0 Å². The smallest absolute Gasteiger partial charge is 0.358 e. The molecule has 1 atom stereocenters. The Kier molecular flexibility index (Phi) is 4.49. The number of aromatic nitrogens is 1. The highest BCUT2D eigenvalue weighted by molar-refractivity contribution is 7.17. The second-order valence-corrected chi connectivity index (χ2v) is 5.18. The fraction of sp³-hybridized carbons (Fsp3) is 0.583. The molecule has 1 saturated heterocycles. The molecule has 1 aliphatic rings. The summed E-state index contributed by atoms with van der Waals surface area (Å²) in [7, 11) is 0. The zero-order chi connectivity index (χ0) is 13.8. The summed E-state index contributed by atoms with van der Waals surface area (Å²) < 4.78 is 10.2. The van der Waals surface area contributed by atoms with E-state index in [1.54, 1.807) is 6.92 Å². The first-order chi connectivity index (χ1) is 9.11. The number of hydrogen-bond donors (Lipinski definition) is 1. The van der Waals surface area contributed by atoms with Crippen LogP contribution in [0, 0.1) is 0 Å². The van der Waals surface area contributed by atoms with Crippen LogP contribution in [-0.2, 0) is 9.47 Å². The third-order valence-corrected chi connectivity index (χ3v) is 3.76. The first kappa shape index (κ1) is 14.0. The molecular weight excluding hydrogens is 268 g/mol. The first-order valence-corrected chi connectivity index (χ1v) is 6.96. The Hall–Kier alpha value is -1.47. The van der Waals surface area contributed by atoms with Gasteiger partial charge in [-0.05, 0) is 13.3 Å². The summed E-state index contributed by atoms with van der Waals surface area (Å²) in [4.78, 5) is 27.8. The summed E-state index contributed by atoms with van der Waals surface area (Å²) >= 11 is 1.18. The Labute approximate surface area is 115 Å². The van der Waals surface area contributed by atoms with Crippen LogP contribution in [0.5, 0.6) is 0 Å². The largest absolute Gasteiger partial charge is 0.461 e. The Bertz CT molecular complexity index is 480. The van der Waals surface area contributed by atoms with Crippen LogP contribution in [0.2, 0.25) is 0 Å². The molecule has 2 rings (SSSR count). The number of ketones is 1. The van der Waals surface area contributed by atoms with E-state index in [9.17, 15) is 9.59 Å². The molecule has 2 heterocycles. The van der Waals surface area contributed by atoms with Crippen molar-refractivity contribution in [3.63, 3.8) is 0 Å². The van der Waals surface area contributed by atoms with Gasteiger partial charge in [0, 0.05) is 13.5 Å². The molecule has 104 valence electrons. The van der Waals surface area contributed by atoms with E-state index in [0.717, 1.165) is 6.42 Å². The molecule has 6 nitrogen and oxygen atoms in total. The summed E-state index contributed by atoms with van der Waals surface area (Å²) in [6, 6.07) is 0.181. The quantitative estimate of drug-likeness (QED) is 0.655. The molecule has 0 aromatic carbocycles. The molecule has 1 aromatic rings. The van der Waals surface area contributed by atoms with E-state index >= 15 is 0 Å². The Balaban J connectivity index is 2.18. The van der Waals surface area contributed by atoms with Crippen molar-refractivity contribution in [3.8, 4) is 0 Å². The van der Waals surface area contributed by atoms with Gasteiger partial charge in [-0.15, -0.1) is 0 Å². The van der Waals surface area contributed by atoms with E-state index < -0.39 is 5.97 Å². The van der Waals surface area contributed by atoms with Crippen LogP contribution in [0.1, 0.15) is 40.4 Å². The minimum absolute atomic E-state index is 0.0979. The molecule has 1 fully saturated rings. The SMILES string of the molecule is CCOC(=O)c1nc(NC2CCOC2)sc1C(C)=O. The molecule has 1 N–H and O–H groups in total. The van der Waals surface area contributed by atoms with Crippen molar-refractivity contribution in [1.29, 1.82) is 0 Å². The van der Waals surface area contributed by atoms with Gasteiger partial charge in [0.25, 0.3) is 0 Å². The second-order valence-electron chi connectivity index (χ2n) is 4.18. The molecule has 0 saturated carbocycles. The van der Waals surface area contributed by atoms with Gasteiger partial charge in [0.1, 0.15) is 4.88 Å². The number of nitrogens with zero attached hydrogens (tertiary/aromatic N) is 1. The summed E-state index contributed by atoms with van der Waals surface area (Å²) in [6.07, 6.45) is 0.893. The van der Waals surface area contributed by atoms with E-state index in [2.05, 4.69) is 10.3 Å². The molecule has 19 heavy (non-hydrogen) atoms. The predicted octanol–water partition coefficient (Wildman–Crippen LogP) is 1.72. The number of ether oxygens (including phenoxy) is 2. The summed E-state index contributed by atoms with van der Waals surface area (Å²) in [5.41, 5.74) is 0.0979. The van der Waals surface area contributed by atoms with Crippen LogP contribution >= 0.6 is 11.3 Å². The van der Waals surface area contributed by atoms with Crippen molar-refractivity contribution in [1.82, 2.24) is 4.98 Å². The third kappa shape index (κ3) is 3.30. The van der Waals surface area contributed by atoms with Crippen molar-refractivity contribution in [2.75, 3.05) is 25.1 Å². The zero-order valence-corrected chi connectivity index (χ0v) is 11.7. The molecule has 1 aromatic heterocycles. The number of thiazole rings is 1. The highest BCUT2D eigenvalue weighted by atomic mass is 32.1. The molecule has 0 spiro atoms. The van der Waals surface area contributed by atoms with Crippen molar-refractivity contribution >= 4 is 28.2 Å². The third-order valence-electron chi connectivity index (χ3n) is 2.67. The van der Waals surface area contributed by atoms with Crippen LogP contribution in [0.4, 0.5) is 5.13 Å². The maximum Gasteiger partial charge on any atom is 0.358 e. The lowest BCUT2D eigenvalue weighted by molar-refractivity contribution is 0.0517. The molecule has 0 radical (unpaired) electrons. The number of hydrogen-bond acceptors (Lipinski definition) is 7. The summed E-state index contributed by atoms with van der Waals surface area (Å²) in [6.45, 7) is 4.72. The standard InChI is InChI=1S/C12H16N2O4S/c1-3-18-11(16)9-10(7(2)15)19-12(14-9)13-8-4-5-17-6-8/h8H,3-6H2,1-2H3,(H,13,14). The Morgan fingerprint density at radius 2 is 2.37 bits per heavy atom. The van der Waals surface area contributed by atoms with Crippen LogP contribution in [0.15, 0.2) is 0 Å². The number of carbonyl (C=O) groups excluding carboxylic acids is 2. The van der Waals surface area contributed by atoms with Crippen LogP contribution in [0.3, 0.4) is 0 Å². The highest BCUT2D eigenvalue weighted by Gasteiger charge is 2.24. The lowest BCUT2D eigenvalue weighted by Crippen LogP contribution is -2.18. The van der Waals surface area contributed by atoms with Gasteiger partial charge < -0.3 is 14.8 Å². The number of Topliss-reactive ketones (excluding diaryl/α,β-unsaturated/α-hetero) is 1. The summed E-state index contributed by atoms with van der Waals surface area (Å²) in [5, 5.41) is 3.73. The number of carbonyl (C=O) groups is 2. The molecule has 7 heteroatoms. The molecule has 1 unspecified atom stereocenters. The molecule has 0 bridgehead atoms. The van der Waals surface area contributed by atoms with E-state index in [-0.39, 0.29) is 24.1 Å². The monoisotopic (exact) mass is 284 g/mol. The van der Waals surface area contributed by atoms with E-state index in [1.807, 2.05) is 0 Å². The average molecular weight is 284 g/mol. The fourth-order valence-electron chi connectivity index (χ4n) is 1.78.